The van der Waals surface area contributed by atoms with E-state index in [2.05, 4.69) is 26.1 Å². The summed E-state index contributed by atoms with van der Waals surface area (Å²) < 4.78 is 0. The van der Waals surface area contributed by atoms with Gasteiger partial charge in [-0.3, -0.25) is 19.2 Å². The average Bonchev–Trinajstić information content (AvgIpc) is 2.28. The van der Waals surface area contributed by atoms with E-state index >= 15 is 0 Å². The summed E-state index contributed by atoms with van der Waals surface area (Å²) >= 11 is 0. The van der Waals surface area contributed by atoms with E-state index < -0.39 is 17.9 Å². The molecule has 0 fully saturated rings. The van der Waals surface area contributed by atoms with Crippen molar-refractivity contribution in [2.75, 3.05) is 0 Å². The Balaban J connectivity index is 3.96. The van der Waals surface area contributed by atoms with Crippen LogP contribution in [0.5, 0.6) is 0 Å². The first-order valence-electron chi connectivity index (χ1n) is 3.91. The number of carbonyl (C=O) groups is 4. The molecule has 0 saturated carbocycles. The Bertz CT molecular complexity index is 338. The number of nitrogens with zero attached hydrogens (tertiary/aromatic N) is 4. The van der Waals surface area contributed by atoms with Gasteiger partial charge in [-0.2, -0.15) is 0 Å². The summed E-state index contributed by atoms with van der Waals surface area (Å²) in [5, 5.41) is 13.7. The van der Waals surface area contributed by atoms with Crippen LogP contribution in [0, 0.1) is 0 Å². The maximum Gasteiger partial charge on any atom is 0.329 e. The Morgan fingerprint density at radius 3 is 2.50 bits per heavy atom. The molecule has 1 atom stereocenters. The highest BCUT2D eigenvalue weighted by Gasteiger charge is 2.09. The van der Waals surface area contributed by atoms with Crippen LogP contribution >= 0.6 is 0 Å². The van der Waals surface area contributed by atoms with Crippen molar-refractivity contribution in [3.63, 3.8) is 0 Å². The Morgan fingerprint density at radius 2 is 1.94 bits per heavy atom. The molecule has 0 aromatic rings. The van der Waals surface area contributed by atoms with Gasteiger partial charge in [-0.15, -0.1) is 0 Å². The SMILES string of the molecule is CC(NC=O)C(=O)NN=NN=NC(=O)C=O. The van der Waals surface area contributed by atoms with Crippen LogP contribution in [0.1, 0.15) is 6.92 Å². The molecule has 86 valence electrons. The van der Waals surface area contributed by atoms with E-state index in [1.807, 2.05) is 5.43 Å². The molecule has 0 radical (unpaired) electrons. The summed E-state index contributed by atoms with van der Waals surface area (Å²) in [5.74, 6) is -1.76. The van der Waals surface area contributed by atoms with Crippen LogP contribution in [0.25, 0.3) is 0 Å². The average molecular weight is 228 g/mol. The largest absolute Gasteiger partial charge is 0.347 e. The monoisotopic (exact) mass is 228 g/mol. The summed E-state index contributed by atoms with van der Waals surface area (Å²) in [6.45, 7) is 1.41. The number of aldehydes is 1. The fraction of sp³-hybridized carbons (Fsp3) is 0.333. The molecular formula is C6H8N6O4. The van der Waals surface area contributed by atoms with Crippen LogP contribution in [-0.2, 0) is 19.2 Å². The molecule has 0 heterocycles. The van der Waals surface area contributed by atoms with E-state index in [9.17, 15) is 19.2 Å². The van der Waals surface area contributed by atoms with Gasteiger partial charge in [0, 0.05) is 0 Å². The third kappa shape index (κ3) is 6.01. The van der Waals surface area contributed by atoms with Crippen molar-refractivity contribution in [3.8, 4) is 0 Å². The molecule has 0 saturated heterocycles. The minimum absolute atomic E-state index is 0.0618. The van der Waals surface area contributed by atoms with Crippen molar-refractivity contribution >= 4 is 24.5 Å². The molecule has 0 bridgehead atoms. The number of carbonyl (C=O) groups excluding carboxylic acids is 4. The zero-order valence-electron chi connectivity index (χ0n) is 8.15. The van der Waals surface area contributed by atoms with Crippen molar-refractivity contribution in [1.82, 2.24) is 10.7 Å². The van der Waals surface area contributed by atoms with Gasteiger partial charge < -0.3 is 5.32 Å². The van der Waals surface area contributed by atoms with Gasteiger partial charge in [0.05, 0.1) is 0 Å². The second kappa shape index (κ2) is 7.84. The zero-order valence-corrected chi connectivity index (χ0v) is 8.15. The van der Waals surface area contributed by atoms with Crippen molar-refractivity contribution in [3.05, 3.63) is 0 Å². The van der Waals surface area contributed by atoms with Crippen molar-refractivity contribution in [2.45, 2.75) is 13.0 Å². The second-order valence-electron chi connectivity index (χ2n) is 2.32. The van der Waals surface area contributed by atoms with Crippen molar-refractivity contribution < 1.29 is 19.2 Å². The van der Waals surface area contributed by atoms with Crippen LogP contribution in [0.4, 0.5) is 0 Å². The van der Waals surface area contributed by atoms with Gasteiger partial charge in [-0.05, 0) is 22.6 Å². The molecule has 10 heteroatoms. The highest BCUT2D eigenvalue weighted by molar-refractivity contribution is 6.23. The van der Waals surface area contributed by atoms with Gasteiger partial charge in [-0.1, -0.05) is 5.11 Å². The Morgan fingerprint density at radius 1 is 1.25 bits per heavy atom. The molecular weight excluding hydrogens is 220 g/mol. The minimum Gasteiger partial charge on any atom is -0.347 e. The fourth-order valence-electron chi connectivity index (χ4n) is 0.454. The normalized spacial score (nSPS) is 12.3. The second-order valence-corrected chi connectivity index (χ2v) is 2.32. The lowest BCUT2D eigenvalue weighted by Crippen LogP contribution is -2.39. The summed E-state index contributed by atoms with van der Waals surface area (Å²) in [7, 11) is 0. The number of hydrogen-bond acceptors (Lipinski definition) is 5. The topological polar surface area (TPSA) is 142 Å². The smallest absolute Gasteiger partial charge is 0.329 e. The predicted octanol–water partition coefficient (Wildman–Crippen LogP) is -1.30. The van der Waals surface area contributed by atoms with Crippen LogP contribution in [0.15, 0.2) is 20.8 Å². The summed E-state index contributed by atoms with van der Waals surface area (Å²) in [5.41, 5.74) is 1.90. The molecule has 0 aromatic heterocycles. The van der Waals surface area contributed by atoms with E-state index in [-0.39, 0.29) is 6.29 Å². The third-order valence-corrected chi connectivity index (χ3v) is 1.20. The van der Waals surface area contributed by atoms with Gasteiger partial charge in [-0.25, -0.2) is 5.43 Å². The van der Waals surface area contributed by atoms with Gasteiger partial charge in [0.25, 0.3) is 5.91 Å². The Hall–Kier alpha value is -2.52. The molecule has 0 rings (SSSR count). The number of hydrogen-bond donors (Lipinski definition) is 2. The molecule has 0 aliphatic heterocycles. The molecule has 2 N–H and O–H groups in total. The highest BCUT2D eigenvalue weighted by atomic mass is 16.2. The molecule has 1 unspecified atom stereocenters. The van der Waals surface area contributed by atoms with Crippen LogP contribution in [-0.4, -0.2) is 30.6 Å². The first-order chi connectivity index (χ1) is 7.61. The first-order valence-corrected chi connectivity index (χ1v) is 3.91. The van der Waals surface area contributed by atoms with Crippen molar-refractivity contribution in [1.29, 1.82) is 0 Å². The molecule has 16 heavy (non-hydrogen) atoms. The lowest BCUT2D eigenvalue weighted by Gasteiger charge is -2.05. The van der Waals surface area contributed by atoms with Crippen LogP contribution in [0.3, 0.4) is 0 Å². The van der Waals surface area contributed by atoms with Crippen LogP contribution in [0.2, 0.25) is 0 Å². The van der Waals surface area contributed by atoms with E-state index in [1.54, 1.807) is 0 Å². The standard InChI is InChI=1S/C6H8N6O4/c1-4(7-3-14)6(16)9-11-12-10-8-5(15)2-13/h2-4H,1H3,(H,7,14)(H,8,9,12,15,16). The molecule has 0 aliphatic rings. The molecule has 0 aliphatic carbocycles. The summed E-state index contributed by atoms with van der Waals surface area (Å²) in [6.07, 6.45) is 0.289. The van der Waals surface area contributed by atoms with E-state index in [0.29, 0.717) is 6.41 Å². The fourth-order valence-corrected chi connectivity index (χ4v) is 0.454. The number of amides is 3. The van der Waals surface area contributed by atoms with Gasteiger partial charge in [0.15, 0.2) is 0 Å². The third-order valence-electron chi connectivity index (χ3n) is 1.20. The predicted molar refractivity (Wildman–Crippen MR) is 47.6 cm³/mol. The zero-order chi connectivity index (χ0) is 12.4. The van der Waals surface area contributed by atoms with E-state index in [4.69, 9.17) is 0 Å². The molecule has 10 nitrogen and oxygen atoms in total. The van der Waals surface area contributed by atoms with Gasteiger partial charge in [0.2, 0.25) is 12.7 Å². The van der Waals surface area contributed by atoms with Crippen molar-refractivity contribution in [2.24, 2.45) is 20.8 Å². The quantitative estimate of drug-likeness (QED) is 0.252. The maximum atomic E-state index is 11.0. The molecule has 3 amide bonds. The number of nitrogens with one attached hydrogen (secondary N) is 2. The first kappa shape index (κ1) is 13.5. The summed E-state index contributed by atoms with van der Waals surface area (Å²) in [4.78, 5) is 40.9. The minimum atomic E-state index is -1.12. The maximum absolute atomic E-state index is 11.0. The Kier molecular flexibility index (Phi) is 6.61. The lowest BCUT2D eigenvalue weighted by atomic mass is 10.3. The lowest BCUT2D eigenvalue weighted by molar-refractivity contribution is -0.129. The van der Waals surface area contributed by atoms with E-state index in [0.717, 1.165) is 0 Å². The van der Waals surface area contributed by atoms with E-state index in [1.165, 1.54) is 6.92 Å². The van der Waals surface area contributed by atoms with Gasteiger partial charge in [0.1, 0.15) is 6.04 Å². The molecule has 0 aromatic carbocycles. The number of rotatable bonds is 6. The van der Waals surface area contributed by atoms with Gasteiger partial charge >= 0.3 is 5.91 Å². The highest BCUT2D eigenvalue weighted by Crippen LogP contribution is 1.82. The van der Waals surface area contributed by atoms with Crippen LogP contribution < -0.4 is 10.7 Å². The summed E-state index contributed by atoms with van der Waals surface area (Å²) in [6, 6.07) is -0.787. The Labute approximate surface area is 89.1 Å². The molecule has 0 spiro atoms.